The van der Waals surface area contributed by atoms with Gasteiger partial charge in [-0.2, -0.15) is 4.98 Å². The van der Waals surface area contributed by atoms with Gasteiger partial charge in [0.1, 0.15) is 0 Å². The van der Waals surface area contributed by atoms with Crippen molar-refractivity contribution in [2.24, 2.45) is 5.92 Å². The lowest BCUT2D eigenvalue weighted by Gasteiger charge is -2.32. The van der Waals surface area contributed by atoms with Crippen LogP contribution in [-0.2, 0) is 11.2 Å². The van der Waals surface area contributed by atoms with Crippen LogP contribution in [0.25, 0.3) is 0 Å². The van der Waals surface area contributed by atoms with Gasteiger partial charge in [-0.1, -0.05) is 24.2 Å². The molecule has 1 aromatic heterocycles. The van der Waals surface area contributed by atoms with Crippen molar-refractivity contribution in [1.82, 2.24) is 15.5 Å². The van der Waals surface area contributed by atoms with Crippen LogP contribution in [0.4, 0.5) is 5.69 Å². The third-order valence-corrected chi connectivity index (χ3v) is 5.05. The molecule has 1 fully saturated rings. The van der Waals surface area contributed by atoms with Gasteiger partial charge in [-0.15, -0.1) is 0 Å². The fraction of sp³-hybridized carbons (Fsp3) is 0.550. The van der Waals surface area contributed by atoms with Gasteiger partial charge in [0.25, 0.3) is 0 Å². The van der Waals surface area contributed by atoms with Crippen molar-refractivity contribution in [1.29, 1.82) is 0 Å². The van der Waals surface area contributed by atoms with E-state index in [-0.39, 0.29) is 11.9 Å². The van der Waals surface area contributed by atoms with Gasteiger partial charge in [0.2, 0.25) is 11.8 Å². The zero-order chi connectivity index (χ0) is 18.5. The molecule has 1 atom stereocenters. The third-order valence-electron chi connectivity index (χ3n) is 5.05. The van der Waals surface area contributed by atoms with E-state index < -0.39 is 0 Å². The summed E-state index contributed by atoms with van der Waals surface area (Å²) >= 11 is 0. The second-order valence-electron chi connectivity index (χ2n) is 7.29. The van der Waals surface area contributed by atoms with Gasteiger partial charge < -0.3 is 14.7 Å². The van der Waals surface area contributed by atoms with Crippen LogP contribution in [0, 0.1) is 12.8 Å². The molecule has 140 valence electrons. The number of nitrogens with one attached hydrogen (secondary N) is 1. The number of aryl methyl sites for hydroxylation is 2. The first-order valence-corrected chi connectivity index (χ1v) is 9.44. The fourth-order valence-electron chi connectivity index (χ4n) is 3.30. The second-order valence-corrected chi connectivity index (χ2v) is 7.29. The van der Waals surface area contributed by atoms with Crippen molar-refractivity contribution in [3.63, 3.8) is 0 Å². The van der Waals surface area contributed by atoms with Crippen LogP contribution in [0.5, 0.6) is 0 Å². The van der Waals surface area contributed by atoms with Crippen LogP contribution in [0.15, 0.2) is 28.8 Å². The molecule has 2 heterocycles. The zero-order valence-electron chi connectivity index (χ0n) is 15.9. The molecule has 0 spiro atoms. The van der Waals surface area contributed by atoms with Crippen LogP contribution in [-0.4, -0.2) is 29.1 Å². The molecular formula is C20H28N4O2. The first kappa shape index (κ1) is 18.4. The highest BCUT2D eigenvalue weighted by atomic mass is 16.5. The van der Waals surface area contributed by atoms with E-state index in [0.29, 0.717) is 24.6 Å². The van der Waals surface area contributed by atoms with Gasteiger partial charge >= 0.3 is 0 Å². The van der Waals surface area contributed by atoms with E-state index in [9.17, 15) is 4.79 Å². The van der Waals surface area contributed by atoms with Gasteiger partial charge in [0.15, 0.2) is 5.82 Å². The van der Waals surface area contributed by atoms with Crippen molar-refractivity contribution in [3.8, 4) is 0 Å². The van der Waals surface area contributed by atoms with Crippen LogP contribution in [0.2, 0.25) is 0 Å². The number of anilines is 1. The normalized spacial score (nSPS) is 16.5. The number of hydrogen-bond donors (Lipinski definition) is 1. The number of amides is 1. The van der Waals surface area contributed by atoms with Crippen LogP contribution < -0.4 is 10.2 Å². The Morgan fingerprint density at radius 3 is 2.62 bits per heavy atom. The molecule has 1 amide bonds. The van der Waals surface area contributed by atoms with Gasteiger partial charge in [-0.3, -0.25) is 4.79 Å². The number of piperidine rings is 1. The summed E-state index contributed by atoms with van der Waals surface area (Å²) in [7, 11) is 0. The molecule has 26 heavy (non-hydrogen) atoms. The van der Waals surface area contributed by atoms with Crippen LogP contribution >= 0.6 is 0 Å². The van der Waals surface area contributed by atoms with Crippen LogP contribution in [0.3, 0.4) is 0 Å². The number of benzene rings is 1. The van der Waals surface area contributed by atoms with E-state index in [4.69, 9.17) is 4.52 Å². The predicted molar refractivity (Wildman–Crippen MR) is 101 cm³/mol. The summed E-state index contributed by atoms with van der Waals surface area (Å²) in [6.45, 7) is 8.35. The average Bonchev–Trinajstić information content (AvgIpc) is 3.06. The SMILES string of the molecule is Cc1noc(CCC(=O)N[C@H](C)c2ccc(N3CCC(C)CC3)cc2)n1. The van der Waals surface area contributed by atoms with E-state index in [1.807, 2.05) is 6.92 Å². The molecule has 0 radical (unpaired) electrons. The van der Waals surface area contributed by atoms with Gasteiger partial charge in [-0.05, 0) is 50.3 Å². The Labute approximate surface area is 155 Å². The molecule has 0 bridgehead atoms. The van der Waals surface area contributed by atoms with E-state index in [2.05, 4.69) is 51.5 Å². The molecule has 1 saturated heterocycles. The van der Waals surface area contributed by atoms with Crippen molar-refractivity contribution >= 4 is 11.6 Å². The minimum Gasteiger partial charge on any atom is -0.372 e. The molecular weight excluding hydrogens is 328 g/mol. The van der Waals surface area contributed by atoms with Crippen molar-refractivity contribution in [2.75, 3.05) is 18.0 Å². The minimum absolute atomic E-state index is 0.0116. The number of rotatable bonds is 6. The van der Waals surface area contributed by atoms with E-state index >= 15 is 0 Å². The van der Waals surface area contributed by atoms with E-state index in [0.717, 1.165) is 24.6 Å². The summed E-state index contributed by atoms with van der Waals surface area (Å²) in [6.07, 6.45) is 3.32. The first-order chi connectivity index (χ1) is 12.5. The summed E-state index contributed by atoms with van der Waals surface area (Å²) in [5.74, 6) is 1.92. The van der Waals surface area contributed by atoms with Crippen LogP contribution in [0.1, 0.15) is 56.4 Å². The largest absolute Gasteiger partial charge is 0.372 e. The Morgan fingerprint density at radius 1 is 1.31 bits per heavy atom. The maximum absolute atomic E-state index is 12.1. The lowest BCUT2D eigenvalue weighted by molar-refractivity contribution is -0.121. The fourth-order valence-corrected chi connectivity index (χ4v) is 3.30. The highest BCUT2D eigenvalue weighted by Gasteiger charge is 2.17. The molecule has 1 aliphatic heterocycles. The Hall–Kier alpha value is -2.37. The second kappa shape index (κ2) is 8.34. The molecule has 6 heteroatoms. The minimum atomic E-state index is -0.0256. The molecule has 0 unspecified atom stereocenters. The highest BCUT2D eigenvalue weighted by Crippen LogP contribution is 2.24. The Kier molecular flexibility index (Phi) is 5.91. The number of nitrogens with zero attached hydrogens (tertiary/aromatic N) is 3. The van der Waals surface area contributed by atoms with E-state index in [1.54, 1.807) is 6.92 Å². The smallest absolute Gasteiger partial charge is 0.227 e. The summed E-state index contributed by atoms with van der Waals surface area (Å²) in [6, 6.07) is 8.52. The maximum atomic E-state index is 12.1. The summed E-state index contributed by atoms with van der Waals surface area (Å²) in [5.41, 5.74) is 2.38. The lowest BCUT2D eigenvalue weighted by Crippen LogP contribution is -2.32. The number of hydrogen-bond acceptors (Lipinski definition) is 5. The molecule has 1 N–H and O–H groups in total. The van der Waals surface area contributed by atoms with Crippen molar-refractivity contribution in [2.45, 2.75) is 52.5 Å². The average molecular weight is 356 g/mol. The lowest BCUT2D eigenvalue weighted by atomic mass is 9.98. The van der Waals surface area contributed by atoms with Gasteiger partial charge in [0.05, 0.1) is 6.04 Å². The van der Waals surface area contributed by atoms with Crippen molar-refractivity contribution < 1.29 is 9.32 Å². The molecule has 0 aliphatic carbocycles. The Bertz CT molecular complexity index is 718. The van der Waals surface area contributed by atoms with Crippen molar-refractivity contribution in [3.05, 3.63) is 41.5 Å². The summed E-state index contributed by atoms with van der Waals surface area (Å²) in [5, 5.41) is 6.77. The monoisotopic (exact) mass is 356 g/mol. The molecule has 3 rings (SSSR count). The maximum Gasteiger partial charge on any atom is 0.227 e. The topological polar surface area (TPSA) is 71.3 Å². The Morgan fingerprint density at radius 2 is 2.00 bits per heavy atom. The highest BCUT2D eigenvalue weighted by molar-refractivity contribution is 5.76. The molecule has 6 nitrogen and oxygen atoms in total. The number of aromatic nitrogens is 2. The molecule has 2 aromatic rings. The number of carbonyl (C=O) groups excluding carboxylic acids is 1. The summed E-state index contributed by atoms with van der Waals surface area (Å²) < 4.78 is 5.04. The molecule has 1 aromatic carbocycles. The number of carbonyl (C=O) groups is 1. The zero-order valence-corrected chi connectivity index (χ0v) is 15.9. The third kappa shape index (κ3) is 4.84. The predicted octanol–water partition coefficient (Wildman–Crippen LogP) is 3.42. The molecule has 1 aliphatic rings. The first-order valence-electron chi connectivity index (χ1n) is 9.44. The standard InChI is InChI=1S/C20H28N4O2/c1-14-10-12-24(13-11-14)18-6-4-17(5-7-18)15(2)21-19(25)8-9-20-22-16(3)23-26-20/h4-7,14-15H,8-13H2,1-3H3,(H,21,25)/t15-/m1/s1. The molecule has 0 saturated carbocycles. The quantitative estimate of drug-likeness (QED) is 0.859. The van der Waals surface area contributed by atoms with Gasteiger partial charge in [-0.25, -0.2) is 0 Å². The summed E-state index contributed by atoms with van der Waals surface area (Å²) in [4.78, 5) is 18.7. The Balaban J connectivity index is 1.49. The van der Waals surface area contributed by atoms with E-state index in [1.165, 1.54) is 18.5 Å². The van der Waals surface area contributed by atoms with Gasteiger partial charge in [0, 0.05) is 31.6 Å².